The largest absolute Gasteiger partial charge is 0.494 e. The lowest BCUT2D eigenvalue weighted by Gasteiger charge is -2.13. The molecule has 0 heterocycles. The number of nitrogens with one attached hydrogen (secondary N) is 1. The van der Waals surface area contributed by atoms with Crippen LogP contribution in [-0.2, 0) is 6.54 Å². The van der Waals surface area contributed by atoms with Crippen LogP contribution in [0.3, 0.4) is 0 Å². The standard InChI is InChI=1S/C17H27NO/c1-3-5-12-19-16-8-6-15(7-9-16)13-18-14-17(4-2)10-11-17/h6-9,18H,3-5,10-14H2,1-2H3. The molecular weight excluding hydrogens is 234 g/mol. The van der Waals surface area contributed by atoms with Crippen molar-refractivity contribution in [3.05, 3.63) is 29.8 Å². The van der Waals surface area contributed by atoms with Gasteiger partial charge in [-0.2, -0.15) is 0 Å². The van der Waals surface area contributed by atoms with Crippen LogP contribution in [0.25, 0.3) is 0 Å². The molecule has 0 spiro atoms. The minimum atomic E-state index is 0.628. The molecule has 106 valence electrons. The van der Waals surface area contributed by atoms with E-state index >= 15 is 0 Å². The van der Waals surface area contributed by atoms with Crippen molar-refractivity contribution in [1.29, 1.82) is 0 Å². The molecule has 1 aromatic rings. The molecule has 2 heteroatoms. The van der Waals surface area contributed by atoms with Crippen molar-refractivity contribution >= 4 is 0 Å². The third-order valence-electron chi connectivity index (χ3n) is 4.23. The molecule has 1 fully saturated rings. The second kappa shape index (κ2) is 6.95. The molecule has 1 saturated carbocycles. The lowest BCUT2D eigenvalue weighted by atomic mass is 10.0. The van der Waals surface area contributed by atoms with Gasteiger partial charge in [0.25, 0.3) is 0 Å². The fourth-order valence-corrected chi connectivity index (χ4v) is 2.34. The zero-order valence-electron chi connectivity index (χ0n) is 12.4. The molecule has 0 bridgehead atoms. The van der Waals surface area contributed by atoms with Gasteiger partial charge in [-0.3, -0.25) is 0 Å². The van der Waals surface area contributed by atoms with Crippen molar-refractivity contribution in [2.24, 2.45) is 5.41 Å². The molecule has 0 saturated heterocycles. The maximum atomic E-state index is 5.67. The zero-order chi connectivity index (χ0) is 13.6. The zero-order valence-corrected chi connectivity index (χ0v) is 12.4. The Morgan fingerprint density at radius 3 is 2.47 bits per heavy atom. The number of hydrogen-bond donors (Lipinski definition) is 1. The van der Waals surface area contributed by atoms with Gasteiger partial charge in [0.15, 0.2) is 0 Å². The Balaban J connectivity index is 1.69. The molecule has 1 N–H and O–H groups in total. The summed E-state index contributed by atoms with van der Waals surface area (Å²) in [7, 11) is 0. The summed E-state index contributed by atoms with van der Waals surface area (Å²) < 4.78 is 5.67. The lowest BCUT2D eigenvalue weighted by Crippen LogP contribution is -2.23. The predicted molar refractivity (Wildman–Crippen MR) is 80.5 cm³/mol. The van der Waals surface area contributed by atoms with Gasteiger partial charge < -0.3 is 10.1 Å². The van der Waals surface area contributed by atoms with E-state index in [1.165, 1.54) is 31.2 Å². The van der Waals surface area contributed by atoms with E-state index in [1.807, 2.05) is 0 Å². The summed E-state index contributed by atoms with van der Waals surface area (Å²) >= 11 is 0. The number of rotatable bonds is 9. The number of benzene rings is 1. The van der Waals surface area contributed by atoms with Crippen molar-refractivity contribution in [3.63, 3.8) is 0 Å². The first-order valence-corrected chi connectivity index (χ1v) is 7.70. The fraction of sp³-hybridized carbons (Fsp3) is 0.647. The highest BCUT2D eigenvalue weighted by molar-refractivity contribution is 5.27. The van der Waals surface area contributed by atoms with E-state index in [0.29, 0.717) is 5.41 Å². The molecule has 2 rings (SSSR count). The predicted octanol–water partition coefficient (Wildman–Crippen LogP) is 4.15. The molecule has 0 aromatic heterocycles. The normalized spacial score (nSPS) is 16.3. The molecule has 0 atom stereocenters. The van der Waals surface area contributed by atoms with E-state index in [2.05, 4.69) is 43.4 Å². The van der Waals surface area contributed by atoms with Crippen LogP contribution in [0.5, 0.6) is 5.75 Å². The molecule has 0 amide bonds. The minimum Gasteiger partial charge on any atom is -0.494 e. The van der Waals surface area contributed by atoms with Crippen LogP contribution < -0.4 is 10.1 Å². The molecule has 1 aromatic carbocycles. The van der Waals surface area contributed by atoms with E-state index < -0.39 is 0 Å². The van der Waals surface area contributed by atoms with E-state index in [-0.39, 0.29) is 0 Å². The van der Waals surface area contributed by atoms with Gasteiger partial charge in [0.1, 0.15) is 5.75 Å². The van der Waals surface area contributed by atoms with Crippen LogP contribution in [0.2, 0.25) is 0 Å². The Morgan fingerprint density at radius 2 is 1.89 bits per heavy atom. The van der Waals surface area contributed by atoms with Crippen molar-refractivity contribution < 1.29 is 4.74 Å². The highest BCUT2D eigenvalue weighted by Gasteiger charge is 2.39. The van der Waals surface area contributed by atoms with Crippen LogP contribution in [0, 0.1) is 5.41 Å². The van der Waals surface area contributed by atoms with E-state index in [1.54, 1.807) is 0 Å². The summed E-state index contributed by atoms with van der Waals surface area (Å²) in [5, 5.41) is 3.59. The molecule has 0 aliphatic heterocycles. The summed E-state index contributed by atoms with van der Waals surface area (Å²) in [6, 6.07) is 8.50. The number of ether oxygens (including phenoxy) is 1. The lowest BCUT2D eigenvalue weighted by molar-refractivity contribution is 0.309. The third kappa shape index (κ3) is 4.54. The first-order valence-electron chi connectivity index (χ1n) is 7.70. The maximum Gasteiger partial charge on any atom is 0.119 e. The Hall–Kier alpha value is -1.02. The molecule has 0 unspecified atom stereocenters. The van der Waals surface area contributed by atoms with Crippen molar-refractivity contribution in [2.75, 3.05) is 13.2 Å². The Kier molecular flexibility index (Phi) is 5.26. The van der Waals surface area contributed by atoms with Gasteiger partial charge in [-0.05, 0) is 48.8 Å². The van der Waals surface area contributed by atoms with Crippen molar-refractivity contribution in [1.82, 2.24) is 5.32 Å². The Morgan fingerprint density at radius 1 is 1.16 bits per heavy atom. The Labute approximate surface area is 117 Å². The van der Waals surface area contributed by atoms with Gasteiger partial charge >= 0.3 is 0 Å². The quantitative estimate of drug-likeness (QED) is 0.674. The summed E-state index contributed by atoms with van der Waals surface area (Å²) in [5.74, 6) is 0.990. The fourth-order valence-electron chi connectivity index (χ4n) is 2.34. The van der Waals surface area contributed by atoms with Crippen molar-refractivity contribution in [2.45, 2.75) is 52.5 Å². The second-order valence-electron chi connectivity index (χ2n) is 5.80. The maximum absolute atomic E-state index is 5.67. The monoisotopic (exact) mass is 261 g/mol. The smallest absolute Gasteiger partial charge is 0.119 e. The molecule has 1 aliphatic rings. The van der Waals surface area contributed by atoms with Gasteiger partial charge in [0.2, 0.25) is 0 Å². The molecular formula is C17H27NO. The summed E-state index contributed by atoms with van der Waals surface area (Å²) in [5.41, 5.74) is 1.97. The van der Waals surface area contributed by atoms with Gasteiger partial charge in [-0.15, -0.1) is 0 Å². The highest BCUT2D eigenvalue weighted by Crippen LogP contribution is 2.47. The van der Waals surface area contributed by atoms with Gasteiger partial charge in [0.05, 0.1) is 6.61 Å². The molecule has 19 heavy (non-hydrogen) atoms. The van der Waals surface area contributed by atoms with E-state index in [4.69, 9.17) is 4.74 Å². The van der Waals surface area contributed by atoms with Crippen molar-refractivity contribution in [3.8, 4) is 5.75 Å². The highest BCUT2D eigenvalue weighted by atomic mass is 16.5. The molecule has 2 nitrogen and oxygen atoms in total. The van der Waals surface area contributed by atoms with Crippen LogP contribution in [0.15, 0.2) is 24.3 Å². The van der Waals surface area contributed by atoms with E-state index in [9.17, 15) is 0 Å². The van der Waals surface area contributed by atoms with Crippen LogP contribution in [0.1, 0.15) is 51.5 Å². The third-order valence-corrected chi connectivity index (χ3v) is 4.23. The topological polar surface area (TPSA) is 21.3 Å². The first kappa shape index (κ1) is 14.4. The molecule has 1 aliphatic carbocycles. The molecule has 0 radical (unpaired) electrons. The first-order chi connectivity index (χ1) is 9.28. The SMILES string of the molecule is CCCCOc1ccc(CNCC2(CC)CC2)cc1. The van der Waals surface area contributed by atoms with Gasteiger partial charge in [0, 0.05) is 13.1 Å². The summed E-state index contributed by atoms with van der Waals surface area (Å²) in [6.07, 6.45) is 6.43. The average molecular weight is 261 g/mol. The number of unbranched alkanes of at least 4 members (excludes halogenated alkanes) is 1. The van der Waals surface area contributed by atoms with Crippen LogP contribution >= 0.6 is 0 Å². The minimum absolute atomic E-state index is 0.628. The summed E-state index contributed by atoms with van der Waals surface area (Å²) in [6.45, 7) is 7.44. The second-order valence-corrected chi connectivity index (χ2v) is 5.80. The summed E-state index contributed by atoms with van der Waals surface area (Å²) in [4.78, 5) is 0. The Bertz CT molecular complexity index is 367. The average Bonchev–Trinajstić information content (AvgIpc) is 3.21. The van der Waals surface area contributed by atoms with Gasteiger partial charge in [-0.1, -0.05) is 32.4 Å². The number of hydrogen-bond acceptors (Lipinski definition) is 2. The van der Waals surface area contributed by atoms with Crippen LogP contribution in [0.4, 0.5) is 0 Å². The van der Waals surface area contributed by atoms with Crippen LogP contribution in [-0.4, -0.2) is 13.2 Å². The van der Waals surface area contributed by atoms with E-state index in [0.717, 1.165) is 31.9 Å². The van der Waals surface area contributed by atoms with Gasteiger partial charge in [-0.25, -0.2) is 0 Å².